The molecular weight excluding hydrogens is 399 g/mol. The van der Waals surface area contributed by atoms with Crippen molar-refractivity contribution < 1.29 is 14.0 Å². The largest absolute Gasteiger partial charge is 0.352 e. The van der Waals surface area contributed by atoms with Crippen LogP contribution in [-0.4, -0.2) is 45.6 Å². The summed E-state index contributed by atoms with van der Waals surface area (Å²) in [6.07, 6.45) is 1.12. The van der Waals surface area contributed by atoms with Gasteiger partial charge in [-0.25, -0.2) is 9.07 Å². The molecule has 0 bridgehead atoms. The van der Waals surface area contributed by atoms with Gasteiger partial charge in [-0.1, -0.05) is 30.3 Å². The minimum absolute atomic E-state index is 0.0575. The number of aryl methyl sites for hydroxylation is 1. The fraction of sp³-hybridized carbons (Fsp3) is 0.304. The Morgan fingerprint density at radius 2 is 1.71 bits per heavy atom. The van der Waals surface area contributed by atoms with Crippen molar-refractivity contribution in [2.45, 2.75) is 32.4 Å². The first-order valence-corrected chi connectivity index (χ1v) is 10.2. The molecule has 8 heteroatoms. The molecule has 31 heavy (non-hydrogen) atoms. The molecule has 0 unspecified atom stereocenters. The first kappa shape index (κ1) is 20.7. The van der Waals surface area contributed by atoms with Gasteiger partial charge in [0.2, 0.25) is 5.91 Å². The van der Waals surface area contributed by atoms with E-state index in [4.69, 9.17) is 0 Å². The van der Waals surface area contributed by atoms with Gasteiger partial charge in [0.25, 0.3) is 11.5 Å². The quantitative estimate of drug-likeness (QED) is 0.699. The molecule has 0 radical (unpaired) electrons. The predicted molar refractivity (Wildman–Crippen MR) is 114 cm³/mol. The third-order valence-electron chi connectivity index (χ3n) is 5.60. The van der Waals surface area contributed by atoms with Crippen molar-refractivity contribution in [2.24, 2.45) is 0 Å². The molecule has 1 aromatic heterocycles. The van der Waals surface area contributed by atoms with E-state index in [-0.39, 0.29) is 35.5 Å². The Labute approximate surface area is 178 Å². The van der Waals surface area contributed by atoms with E-state index in [1.807, 2.05) is 12.1 Å². The van der Waals surface area contributed by atoms with Gasteiger partial charge >= 0.3 is 0 Å². The van der Waals surface area contributed by atoms with Gasteiger partial charge < -0.3 is 10.2 Å². The number of nitrogens with zero attached hydrogens (tertiary/aromatic N) is 3. The Morgan fingerprint density at radius 1 is 1.06 bits per heavy atom. The number of fused-ring (bicyclic) bond motifs is 1. The van der Waals surface area contributed by atoms with Crippen molar-refractivity contribution in [3.63, 3.8) is 0 Å². The molecule has 0 aliphatic carbocycles. The second-order valence-corrected chi connectivity index (χ2v) is 7.71. The summed E-state index contributed by atoms with van der Waals surface area (Å²) < 4.78 is 15.1. The molecule has 4 rings (SSSR count). The van der Waals surface area contributed by atoms with Gasteiger partial charge in [0.05, 0.1) is 16.6 Å². The van der Waals surface area contributed by atoms with Gasteiger partial charge in [-0.3, -0.25) is 14.4 Å². The summed E-state index contributed by atoms with van der Waals surface area (Å²) in [4.78, 5) is 39.3. The Bertz CT molecular complexity index is 1200. The smallest absolute Gasteiger partial charge is 0.275 e. The molecule has 0 atom stereocenters. The second kappa shape index (κ2) is 8.67. The van der Waals surface area contributed by atoms with E-state index in [2.05, 4.69) is 10.4 Å². The van der Waals surface area contributed by atoms with E-state index in [0.717, 1.165) is 5.39 Å². The summed E-state index contributed by atoms with van der Waals surface area (Å²) in [6.45, 7) is 2.48. The molecular formula is C23H23FN4O3. The lowest BCUT2D eigenvalue weighted by Crippen LogP contribution is -2.47. The number of aromatic nitrogens is 2. The number of halogens is 1. The molecule has 1 fully saturated rings. The molecule has 2 amide bonds. The van der Waals surface area contributed by atoms with E-state index in [9.17, 15) is 18.8 Å². The number of rotatable bonds is 4. The van der Waals surface area contributed by atoms with E-state index >= 15 is 0 Å². The van der Waals surface area contributed by atoms with Gasteiger partial charge in [-0.2, -0.15) is 5.10 Å². The maximum absolute atomic E-state index is 13.9. The molecule has 2 heterocycles. The number of likely N-dealkylation sites (tertiary alicyclic amines) is 1. The highest BCUT2D eigenvalue weighted by atomic mass is 19.1. The molecule has 2 aromatic carbocycles. The third kappa shape index (κ3) is 4.33. The average molecular weight is 422 g/mol. The van der Waals surface area contributed by atoms with Crippen molar-refractivity contribution in [3.05, 3.63) is 76.0 Å². The van der Waals surface area contributed by atoms with Crippen LogP contribution < -0.4 is 10.9 Å². The van der Waals surface area contributed by atoms with Crippen molar-refractivity contribution in [3.8, 4) is 0 Å². The number of benzene rings is 2. The van der Waals surface area contributed by atoms with Gasteiger partial charge in [0.1, 0.15) is 12.4 Å². The molecule has 0 saturated carbocycles. The zero-order chi connectivity index (χ0) is 22.0. The summed E-state index contributed by atoms with van der Waals surface area (Å²) in [5.74, 6) is -1.18. The van der Waals surface area contributed by atoms with Crippen LogP contribution in [-0.2, 0) is 11.3 Å². The first-order chi connectivity index (χ1) is 14.9. The van der Waals surface area contributed by atoms with Crippen LogP contribution in [0.2, 0.25) is 0 Å². The highest BCUT2D eigenvalue weighted by Gasteiger charge is 2.26. The molecule has 1 N–H and O–H groups in total. The standard InChI is InChI=1S/C23H23FN4O3/c1-15-17-6-2-3-7-18(17)23(31)28(26-15)14-21(29)25-16-10-12-27(13-11-16)22(30)19-8-4-5-9-20(19)24/h2-9,16H,10-14H2,1H3,(H,25,29). The fourth-order valence-corrected chi connectivity index (χ4v) is 3.95. The van der Waals surface area contributed by atoms with Crippen LogP contribution >= 0.6 is 0 Å². The predicted octanol–water partition coefficient (Wildman–Crippen LogP) is 2.27. The number of nitrogens with one attached hydrogen (secondary N) is 1. The second-order valence-electron chi connectivity index (χ2n) is 7.71. The number of piperidine rings is 1. The van der Waals surface area contributed by atoms with E-state index in [0.29, 0.717) is 37.0 Å². The van der Waals surface area contributed by atoms with Crippen molar-refractivity contribution in [1.82, 2.24) is 20.0 Å². The number of carbonyl (C=O) groups excluding carboxylic acids is 2. The van der Waals surface area contributed by atoms with Crippen molar-refractivity contribution in [1.29, 1.82) is 0 Å². The molecule has 3 aromatic rings. The Morgan fingerprint density at radius 3 is 2.42 bits per heavy atom. The minimum atomic E-state index is -0.536. The summed E-state index contributed by atoms with van der Waals surface area (Å²) in [5, 5.41) is 8.49. The zero-order valence-electron chi connectivity index (χ0n) is 17.2. The number of amides is 2. The molecule has 160 valence electrons. The Kier molecular flexibility index (Phi) is 5.79. The number of hydrogen-bond donors (Lipinski definition) is 1. The van der Waals surface area contributed by atoms with Gasteiger partial charge in [0.15, 0.2) is 0 Å². The van der Waals surface area contributed by atoms with E-state index in [1.165, 1.54) is 16.8 Å². The van der Waals surface area contributed by atoms with Gasteiger partial charge in [0, 0.05) is 24.5 Å². The third-order valence-corrected chi connectivity index (χ3v) is 5.60. The van der Waals surface area contributed by atoms with Crippen LogP contribution in [0.4, 0.5) is 4.39 Å². The normalized spacial score (nSPS) is 14.6. The topological polar surface area (TPSA) is 84.3 Å². The lowest BCUT2D eigenvalue weighted by atomic mass is 10.0. The SMILES string of the molecule is Cc1nn(CC(=O)NC2CCN(C(=O)c3ccccc3F)CC2)c(=O)c2ccccc12. The lowest BCUT2D eigenvalue weighted by molar-refractivity contribution is -0.122. The molecule has 1 aliphatic rings. The van der Waals surface area contributed by atoms with Gasteiger partial charge in [-0.15, -0.1) is 0 Å². The Balaban J connectivity index is 1.36. The van der Waals surface area contributed by atoms with Crippen LogP contribution in [0.5, 0.6) is 0 Å². The summed E-state index contributed by atoms with van der Waals surface area (Å²) >= 11 is 0. The van der Waals surface area contributed by atoms with Crippen LogP contribution in [0, 0.1) is 12.7 Å². The fourth-order valence-electron chi connectivity index (χ4n) is 3.95. The molecule has 0 spiro atoms. The van der Waals surface area contributed by atoms with Crippen molar-refractivity contribution >= 4 is 22.6 Å². The molecule has 1 aliphatic heterocycles. The van der Waals surface area contributed by atoms with Crippen LogP contribution in [0.15, 0.2) is 53.3 Å². The molecule has 1 saturated heterocycles. The monoisotopic (exact) mass is 422 g/mol. The van der Waals surface area contributed by atoms with Crippen LogP contribution in [0.25, 0.3) is 10.8 Å². The molecule has 7 nitrogen and oxygen atoms in total. The maximum Gasteiger partial charge on any atom is 0.275 e. The highest BCUT2D eigenvalue weighted by Crippen LogP contribution is 2.16. The van der Waals surface area contributed by atoms with Gasteiger partial charge in [-0.05, 0) is 38.0 Å². The maximum atomic E-state index is 13.9. The Hall–Kier alpha value is -3.55. The first-order valence-electron chi connectivity index (χ1n) is 10.2. The van der Waals surface area contributed by atoms with E-state index in [1.54, 1.807) is 36.1 Å². The highest BCUT2D eigenvalue weighted by molar-refractivity contribution is 5.94. The average Bonchev–Trinajstić information content (AvgIpc) is 2.78. The van der Waals surface area contributed by atoms with E-state index < -0.39 is 5.82 Å². The summed E-state index contributed by atoms with van der Waals surface area (Å²) in [6, 6.07) is 13.0. The van der Waals surface area contributed by atoms with Crippen LogP contribution in [0.3, 0.4) is 0 Å². The summed E-state index contributed by atoms with van der Waals surface area (Å²) in [7, 11) is 0. The van der Waals surface area contributed by atoms with Crippen molar-refractivity contribution in [2.75, 3.05) is 13.1 Å². The zero-order valence-corrected chi connectivity index (χ0v) is 17.2. The lowest BCUT2D eigenvalue weighted by Gasteiger charge is -2.32. The number of hydrogen-bond acceptors (Lipinski definition) is 4. The summed E-state index contributed by atoms with van der Waals surface area (Å²) in [5.41, 5.74) is 0.437. The van der Waals surface area contributed by atoms with Crippen LogP contribution in [0.1, 0.15) is 28.9 Å². The number of carbonyl (C=O) groups is 2. The minimum Gasteiger partial charge on any atom is -0.352 e.